The van der Waals surface area contributed by atoms with Gasteiger partial charge in [0.05, 0.1) is 17.4 Å². The minimum atomic E-state index is -0.650. The monoisotopic (exact) mass is 248 g/mol. The van der Waals surface area contributed by atoms with Crippen LogP contribution >= 0.6 is 0 Å². The first-order valence-electron chi connectivity index (χ1n) is 5.25. The van der Waals surface area contributed by atoms with Crippen LogP contribution in [0.15, 0.2) is 30.6 Å². The third-order valence-corrected chi connectivity index (χ3v) is 2.24. The van der Waals surface area contributed by atoms with Gasteiger partial charge in [-0.3, -0.25) is 14.4 Å². The minimum Gasteiger partial charge on any atom is -0.368 e. The lowest BCUT2D eigenvalue weighted by Gasteiger charge is -2.05. The summed E-state index contributed by atoms with van der Waals surface area (Å²) in [5, 5.41) is 0. The molecule has 0 spiro atoms. The summed E-state index contributed by atoms with van der Waals surface area (Å²) in [7, 11) is 0. The largest absolute Gasteiger partial charge is 0.368 e. The minimum absolute atomic E-state index is 0.0548. The van der Waals surface area contributed by atoms with Crippen LogP contribution in [0.25, 0.3) is 11.0 Å². The van der Waals surface area contributed by atoms with Crippen LogP contribution in [0.4, 0.5) is 0 Å². The normalized spacial score (nSPS) is 10.4. The van der Waals surface area contributed by atoms with Gasteiger partial charge in [0, 0.05) is 0 Å². The Morgan fingerprint density at radius 2 is 2.17 bits per heavy atom. The van der Waals surface area contributed by atoms with Gasteiger partial charge in [0.1, 0.15) is 6.54 Å². The van der Waals surface area contributed by atoms with Crippen LogP contribution in [0.2, 0.25) is 0 Å². The Balaban J connectivity index is 1.97. The topological polar surface area (TPSA) is 99.2 Å². The van der Waals surface area contributed by atoms with E-state index in [0.29, 0.717) is 0 Å². The van der Waals surface area contributed by atoms with Crippen molar-refractivity contribution in [2.75, 3.05) is 6.61 Å². The number of amides is 2. The van der Waals surface area contributed by atoms with Gasteiger partial charge in [0.15, 0.2) is 6.61 Å². The van der Waals surface area contributed by atoms with Gasteiger partial charge in [-0.1, -0.05) is 12.1 Å². The molecule has 0 radical (unpaired) electrons. The van der Waals surface area contributed by atoms with Gasteiger partial charge in [-0.05, 0) is 12.1 Å². The van der Waals surface area contributed by atoms with E-state index < -0.39 is 5.91 Å². The number of nitrogens with one attached hydrogen (secondary N) is 1. The number of hydrogen-bond acceptors (Lipinski definition) is 4. The van der Waals surface area contributed by atoms with Crippen LogP contribution in [-0.4, -0.2) is 28.0 Å². The third-order valence-electron chi connectivity index (χ3n) is 2.24. The van der Waals surface area contributed by atoms with Crippen molar-refractivity contribution in [1.82, 2.24) is 15.0 Å². The molecule has 2 amide bonds. The van der Waals surface area contributed by atoms with Crippen LogP contribution in [0, 0.1) is 0 Å². The Kier molecular flexibility index (Phi) is 3.54. The lowest BCUT2D eigenvalue weighted by Crippen LogP contribution is -2.31. The third kappa shape index (κ3) is 2.83. The molecule has 2 aromatic rings. The maximum Gasteiger partial charge on any atom is 0.263 e. The molecule has 0 saturated heterocycles. The maximum absolute atomic E-state index is 11.5. The first-order valence-corrected chi connectivity index (χ1v) is 5.25. The van der Waals surface area contributed by atoms with E-state index in [1.807, 2.05) is 24.3 Å². The highest BCUT2D eigenvalue weighted by Crippen LogP contribution is 2.11. The summed E-state index contributed by atoms with van der Waals surface area (Å²) in [6.45, 7) is -0.296. The van der Waals surface area contributed by atoms with Crippen molar-refractivity contribution >= 4 is 22.8 Å². The molecule has 7 nitrogen and oxygen atoms in total. The van der Waals surface area contributed by atoms with Gasteiger partial charge in [-0.25, -0.2) is 10.5 Å². The lowest BCUT2D eigenvalue weighted by molar-refractivity contribution is -0.138. The molecule has 0 fully saturated rings. The number of primary amides is 1. The summed E-state index contributed by atoms with van der Waals surface area (Å²) in [5.41, 5.74) is 8.65. The molecule has 0 atom stereocenters. The highest BCUT2D eigenvalue weighted by Gasteiger charge is 2.07. The van der Waals surface area contributed by atoms with Crippen molar-refractivity contribution in [3.05, 3.63) is 30.6 Å². The van der Waals surface area contributed by atoms with Gasteiger partial charge in [0.2, 0.25) is 5.91 Å². The van der Waals surface area contributed by atoms with E-state index in [9.17, 15) is 9.59 Å². The Morgan fingerprint density at radius 3 is 2.94 bits per heavy atom. The summed E-state index contributed by atoms with van der Waals surface area (Å²) in [6.07, 6.45) is 1.57. The molecule has 0 bridgehead atoms. The van der Waals surface area contributed by atoms with Crippen LogP contribution in [-0.2, 0) is 21.0 Å². The molecule has 1 aromatic heterocycles. The quantitative estimate of drug-likeness (QED) is 0.701. The van der Waals surface area contributed by atoms with Crippen molar-refractivity contribution < 1.29 is 14.4 Å². The van der Waals surface area contributed by atoms with E-state index in [1.54, 1.807) is 10.9 Å². The smallest absolute Gasteiger partial charge is 0.263 e. The number of carbonyl (C=O) groups is 2. The van der Waals surface area contributed by atoms with Crippen LogP contribution < -0.4 is 11.2 Å². The van der Waals surface area contributed by atoms with Gasteiger partial charge in [-0.15, -0.1) is 0 Å². The number of carbonyl (C=O) groups excluding carboxylic acids is 2. The molecule has 18 heavy (non-hydrogen) atoms. The molecule has 1 aromatic carbocycles. The SMILES string of the molecule is NC(=O)CONC(=O)Cn1cnc2ccccc21. The predicted octanol–water partition coefficient (Wildman–Crippen LogP) is -0.431. The van der Waals surface area contributed by atoms with Gasteiger partial charge >= 0.3 is 0 Å². The molecule has 1 heterocycles. The Labute approximate surface area is 102 Å². The fourth-order valence-corrected chi connectivity index (χ4v) is 1.51. The maximum atomic E-state index is 11.5. The second-order valence-electron chi connectivity index (χ2n) is 3.64. The zero-order chi connectivity index (χ0) is 13.0. The average Bonchev–Trinajstić information content (AvgIpc) is 2.72. The number of hydroxylamine groups is 1. The predicted molar refractivity (Wildman–Crippen MR) is 63.0 cm³/mol. The summed E-state index contributed by atoms with van der Waals surface area (Å²) in [5.74, 6) is -1.04. The standard InChI is InChI=1S/C11H12N4O3/c12-10(16)6-18-14-11(17)5-15-7-13-8-3-1-2-4-9(8)15/h1-4,7H,5-6H2,(H2,12,16)(H,14,17). The zero-order valence-corrected chi connectivity index (χ0v) is 9.50. The van der Waals surface area contributed by atoms with Crippen molar-refractivity contribution in [3.63, 3.8) is 0 Å². The van der Waals surface area contributed by atoms with Crippen molar-refractivity contribution in [2.24, 2.45) is 5.73 Å². The molecule has 0 aliphatic heterocycles. The summed E-state index contributed by atoms with van der Waals surface area (Å²) in [4.78, 5) is 30.7. The number of rotatable bonds is 5. The Bertz CT molecular complexity index is 578. The second-order valence-corrected chi connectivity index (χ2v) is 3.64. The number of imidazole rings is 1. The molecule has 0 aliphatic carbocycles. The van der Waals surface area contributed by atoms with Crippen molar-refractivity contribution in [3.8, 4) is 0 Å². The van der Waals surface area contributed by atoms with Gasteiger partial charge < -0.3 is 10.3 Å². The number of nitrogens with zero attached hydrogens (tertiary/aromatic N) is 2. The summed E-state index contributed by atoms with van der Waals surface area (Å²) < 4.78 is 1.68. The number of benzene rings is 1. The van der Waals surface area contributed by atoms with Crippen molar-refractivity contribution in [2.45, 2.75) is 6.54 Å². The molecule has 94 valence electrons. The average molecular weight is 248 g/mol. The highest BCUT2D eigenvalue weighted by molar-refractivity contribution is 5.80. The van der Waals surface area contributed by atoms with E-state index in [2.05, 4.69) is 15.3 Å². The van der Waals surface area contributed by atoms with Crippen LogP contribution in [0.1, 0.15) is 0 Å². The molecule has 0 unspecified atom stereocenters. The number of nitrogens with two attached hydrogens (primary N) is 1. The second kappa shape index (κ2) is 5.28. The molecule has 0 aliphatic rings. The Morgan fingerprint density at radius 1 is 1.39 bits per heavy atom. The highest BCUT2D eigenvalue weighted by atomic mass is 16.7. The number of fused-ring (bicyclic) bond motifs is 1. The van der Waals surface area contributed by atoms with Gasteiger partial charge in [0.25, 0.3) is 5.91 Å². The van der Waals surface area contributed by atoms with E-state index in [-0.39, 0.29) is 19.1 Å². The number of hydrogen-bond donors (Lipinski definition) is 2. The lowest BCUT2D eigenvalue weighted by atomic mass is 10.3. The number of aromatic nitrogens is 2. The van der Waals surface area contributed by atoms with E-state index in [0.717, 1.165) is 11.0 Å². The summed E-state index contributed by atoms with van der Waals surface area (Å²) >= 11 is 0. The summed E-state index contributed by atoms with van der Waals surface area (Å²) in [6, 6.07) is 7.45. The Hall–Kier alpha value is -2.41. The molecule has 0 saturated carbocycles. The molecular weight excluding hydrogens is 236 g/mol. The molecule has 3 N–H and O–H groups in total. The number of para-hydroxylation sites is 2. The fourth-order valence-electron chi connectivity index (χ4n) is 1.51. The first-order chi connectivity index (χ1) is 8.66. The molecule has 7 heteroatoms. The van der Waals surface area contributed by atoms with E-state index in [1.165, 1.54) is 0 Å². The van der Waals surface area contributed by atoms with Crippen molar-refractivity contribution in [1.29, 1.82) is 0 Å². The van der Waals surface area contributed by atoms with Gasteiger partial charge in [-0.2, -0.15) is 0 Å². The van der Waals surface area contributed by atoms with E-state index in [4.69, 9.17) is 5.73 Å². The van der Waals surface area contributed by atoms with Crippen LogP contribution in [0.5, 0.6) is 0 Å². The zero-order valence-electron chi connectivity index (χ0n) is 9.50. The molecule has 2 rings (SSSR count). The first kappa shape index (κ1) is 12.1. The van der Waals surface area contributed by atoms with Crippen LogP contribution in [0.3, 0.4) is 0 Å². The molecular formula is C11H12N4O3. The van der Waals surface area contributed by atoms with E-state index >= 15 is 0 Å². The fraction of sp³-hybridized carbons (Fsp3) is 0.182.